The van der Waals surface area contributed by atoms with Crippen LogP contribution in [0.2, 0.25) is 0 Å². The highest BCUT2D eigenvalue weighted by Crippen LogP contribution is 2.30. The van der Waals surface area contributed by atoms with Gasteiger partial charge in [0, 0.05) is 6.42 Å². The molecule has 0 aromatic heterocycles. The fourth-order valence-corrected chi connectivity index (χ4v) is 11.2. The minimum Gasteiger partial charge on any atom is -0.394 e. The van der Waals surface area contributed by atoms with Gasteiger partial charge in [-0.2, -0.15) is 0 Å². The standard InChI is InChI=1S/C68H125NO13/c1-3-5-7-9-11-13-15-16-17-18-19-20-21-22-23-24-25-26-27-28-29-30-31-32-33-34-35-36-37-38-39-40-42-44-46-48-50-52-60(73)69-56(57(72)51-49-47-45-43-41-14-12-10-8-6-4-2)55-79-67-65(78)63(76)66(59(54-71)81-67)82-68-64(77)62(75)61(74)58(53-70)80-68/h5,7,11,13,16-17,19-20,56-59,61-68,70-72,74-78H,3-4,6,8-10,12,14-15,18,21-55H2,1-2H3,(H,69,73)/b7-5-,13-11-,17-16-,20-19-. The molecule has 2 heterocycles. The molecular weight excluding hydrogens is 1040 g/mol. The van der Waals surface area contributed by atoms with Gasteiger partial charge in [-0.15, -0.1) is 0 Å². The topological polar surface area (TPSA) is 228 Å². The maximum absolute atomic E-state index is 13.3. The van der Waals surface area contributed by atoms with E-state index in [0.717, 1.165) is 77.0 Å². The number of aliphatic hydroxyl groups is 8. The Morgan fingerprint density at radius 2 is 0.841 bits per heavy atom. The van der Waals surface area contributed by atoms with Gasteiger partial charge in [-0.25, -0.2) is 0 Å². The van der Waals surface area contributed by atoms with Gasteiger partial charge in [0.1, 0.15) is 48.8 Å². The van der Waals surface area contributed by atoms with Crippen LogP contribution >= 0.6 is 0 Å². The summed E-state index contributed by atoms with van der Waals surface area (Å²) in [4.78, 5) is 13.3. The molecule has 12 atom stereocenters. The molecule has 2 aliphatic rings. The lowest BCUT2D eigenvalue weighted by molar-refractivity contribution is -0.359. The molecule has 2 saturated heterocycles. The molecule has 9 N–H and O–H groups in total. The smallest absolute Gasteiger partial charge is 0.220 e. The Balaban J connectivity index is 1.55. The van der Waals surface area contributed by atoms with Crippen molar-refractivity contribution in [1.82, 2.24) is 5.32 Å². The summed E-state index contributed by atoms with van der Waals surface area (Å²) >= 11 is 0. The second-order valence-corrected chi connectivity index (χ2v) is 23.9. The Hall–Kier alpha value is -2.05. The van der Waals surface area contributed by atoms with E-state index in [1.807, 2.05) is 0 Å². The predicted octanol–water partition coefficient (Wildman–Crippen LogP) is 13.1. The Morgan fingerprint density at radius 1 is 0.451 bits per heavy atom. The molecule has 14 heteroatoms. The number of hydrogen-bond acceptors (Lipinski definition) is 13. The largest absolute Gasteiger partial charge is 0.394 e. The Kier molecular flexibility index (Phi) is 49.3. The first-order valence-electron chi connectivity index (χ1n) is 33.9. The zero-order valence-corrected chi connectivity index (χ0v) is 52.0. The summed E-state index contributed by atoms with van der Waals surface area (Å²) in [6.07, 6.45) is 51.6. The first-order chi connectivity index (χ1) is 40.1. The second-order valence-electron chi connectivity index (χ2n) is 23.9. The SMILES string of the molecule is CC/C=C\C/C=C\C/C=C\C/C=C\CCCCCCCCCCCCCCCCCCCCCCCCCCC(=O)NC(COC1OC(CO)C(OC2OC(CO)C(O)C(O)C2O)C(O)C1O)C(O)CCCCCCCCCCCCC. The molecule has 480 valence electrons. The number of rotatable bonds is 55. The van der Waals surface area contributed by atoms with E-state index >= 15 is 0 Å². The lowest BCUT2D eigenvalue weighted by Crippen LogP contribution is -2.65. The summed E-state index contributed by atoms with van der Waals surface area (Å²) < 4.78 is 22.8. The van der Waals surface area contributed by atoms with Crippen LogP contribution in [-0.2, 0) is 23.7 Å². The normalized spacial score (nSPS) is 24.2. The van der Waals surface area contributed by atoms with Gasteiger partial charge in [-0.05, 0) is 51.4 Å². The summed E-state index contributed by atoms with van der Waals surface area (Å²) in [5, 5.41) is 87.2. The molecule has 0 spiro atoms. The van der Waals surface area contributed by atoms with E-state index in [1.165, 1.54) is 180 Å². The highest BCUT2D eigenvalue weighted by atomic mass is 16.7. The quantitative estimate of drug-likeness (QED) is 0.0204. The van der Waals surface area contributed by atoms with Gasteiger partial charge in [0.25, 0.3) is 0 Å². The number of hydrogen-bond donors (Lipinski definition) is 9. The first kappa shape index (κ1) is 76.0. The van der Waals surface area contributed by atoms with E-state index < -0.39 is 86.8 Å². The predicted molar refractivity (Wildman–Crippen MR) is 332 cm³/mol. The van der Waals surface area contributed by atoms with E-state index in [4.69, 9.17) is 18.9 Å². The number of aliphatic hydroxyl groups excluding tert-OH is 8. The first-order valence-corrected chi connectivity index (χ1v) is 33.9. The van der Waals surface area contributed by atoms with Gasteiger partial charge in [0.05, 0.1) is 32.0 Å². The lowest BCUT2D eigenvalue weighted by atomic mass is 9.97. The molecule has 14 nitrogen and oxygen atoms in total. The van der Waals surface area contributed by atoms with Crippen molar-refractivity contribution in [3.63, 3.8) is 0 Å². The van der Waals surface area contributed by atoms with Crippen LogP contribution in [0, 0.1) is 0 Å². The molecule has 0 bridgehead atoms. The Morgan fingerprint density at radius 3 is 1.29 bits per heavy atom. The summed E-state index contributed by atoms with van der Waals surface area (Å²) in [5.41, 5.74) is 0. The van der Waals surface area contributed by atoms with E-state index in [2.05, 4.69) is 67.8 Å². The number of amides is 1. The van der Waals surface area contributed by atoms with Gasteiger partial charge >= 0.3 is 0 Å². The summed E-state index contributed by atoms with van der Waals surface area (Å²) in [5.74, 6) is -0.204. The molecule has 2 fully saturated rings. The molecule has 82 heavy (non-hydrogen) atoms. The number of carbonyl (C=O) groups excluding carboxylic acids is 1. The van der Waals surface area contributed by atoms with E-state index in [9.17, 15) is 45.6 Å². The van der Waals surface area contributed by atoms with Crippen LogP contribution in [0.15, 0.2) is 48.6 Å². The van der Waals surface area contributed by atoms with Crippen LogP contribution < -0.4 is 5.32 Å². The summed E-state index contributed by atoms with van der Waals surface area (Å²) in [6.45, 7) is 2.75. The fourth-order valence-electron chi connectivity index (χ4n) is 11.2. The van der Waals surface area contributed by atoms with Crippen LogP contribution in [0.4, 0.5) is 0 Å². The molecular formula is C68H125NO13. The Labute approximate surface area is 499 Å². The van der Waals surface area contributed by atoms with Crippen LogP contribution in [-0.4, -0.2) is 140 Å². The van der Waals surface area contributed by atoms with Crippen molar-refractivity contribution in [2.45, 2.75) is 357 Å². The van der Waals surface area contributed by atoms with Crippen molar-refractivity contribution in [2.24, 2.45) is 0 Å². The zero-order valence-electron chi connectivity index (χ0n) is 52.0. The highest BCUT2D eigenvalue weighted by Gasteiger charge is 2.51. The van der Waals surface area contributed by atoms with Crippen molar-refractivity contribution >= 4 is 5.91 Å². The van der Waals surface area contributed by atoms with Gasteiger partial charge in [0.2, 0.25) is 5.91 Å². The van der Waals surface area contributed by atoms with Crippen molar-refractivity contribution in [3.8, 4) is 0 Å². The maximum atomic E-state index is 13.3. The van der Waals surface area contributed by atoms with Crippen LogP contribution in [0.25, 0.3) is 0 Å². The fraction of sp³-hybridized carbons (Fsp3) is 0.868. The highest BCUT2D eigenvalue weighted by molar-refractivity contribution is 5.76. The zero-order chi connectivity index (χ0) is 59.5. The van der Waals surface area contributed by atoms with Gasteiger partial charge in [0.15, 0.2) is 12.6 Å². The molecule has 1 amide bonds. The molecule has 0 aromatic rings. The third-order valence-electron chi connectivity index (χ3n) is 16.6. The van der Waals surface area contributed by atoms with E-state index in [1.54, 1.807) is 0 Å². The van der Waals surface area contributed by atoms with Gasteiger partial charge < -0.3 is 65.1 Å². The number of allylic oxidation sites excluding steroid dienone is 8. The molecule has 0 radical (unpaired) electrons. The van der Waals surface area contributed by atoms with Crippen LogP contribution in [0.5, 0.6) is 0 Å². The van der Waals surface area contributed by atoms with Crippen molar-refractivity contribution in [1.29, 1.82) is 0 Å². The third kappa shape index (κ3) is 37.5. The second kappa shape index (κ2) is 53.2. The number of carbonyl (C=O) groups is 1. The molecule has 2 aliphatic heterocycles. The lowest BCUT2D eigenvalue weighted by Gasteiger charge is -2.46. The summed E-state index contributed by atoms with van der Waals surface area (Å²) in [6, 6.07) is -0.826. The molecule has 0 aliphatic carbocycles. The number of ether oxygens (including phenoxy) is 4. The average Bonchev–Trinajstić information content (AvgIpc) is 3.22. The van der Waals surface area contributed by atoms with Crippen molar-refractivity contribution in [3.05, 3.63) is 48.6 Å². The van der Waals surface area contributed by atoms with E-state index in [-0.39, 0.29) is 12.5 Å². The summed E-state index contributed by atoms with van der Waals surface area (Å²) in [7, 11) is 0. The monoisotopic (exact) mass is 1160 g/mol. The molecule has 12 unspecified atom stereocenters. The van der Waals surface area contributed by atoms with Gasteiger partial charge in [-0.3, -0.25) is 4.79 Å². The van der Waals surface area contributed by atoms with Crippen LogP contribution in [0.3, 0.4) is 0 Å². The third-order valence-corrected chi connectivity index (χ3v) is 16.6. The maximum Gasteiger partial charge on any atom is 0.220 e. The van der Waals surface area contributed by atoms with Crippen LogP contribution in [0.1, 0.15) is 284 Å². The van der Waals surface area contributed by atoms with Crippen molar-refractivity contribution < 1.29 is 64.6 Å². The van der Waals surface area contributed by atoms with Crippen molar-refractivity contribution in [2.75, 3.05) is 19.8 Å². The molecule has 0 aromatic carbocycles. The number of nitrogens with one attached hydrogen (secondary N) is 1. The Bertz CT molecular complexity index is 1560. The molecule has 0 saturated carbocycles. The molecule has 2 rings (SSSR count). The minimum absolute atomic E-state index is 0.204. The average molecular weight is 1160 g/mol. The van der Waals surface area contributed by atoms with E-state index in [0.29, 0.717) is 12.8 Å². The van der Waals surface area contributed by atoms with Gasteiger partial charge in [-0.1, -0.05) is 274 Å². The minimum atomic E-state index is -1.78. The number of unbranched alkanes of at least 4 members (excludes halogenated alkanes) is 34.